The number of fused-ring (bicyclic) bond motifs is 2. The van der Waals surface area contributed by atoms with Crippen molar-refractivity contribution in [2.24, 2.45) is 0 Å². The van der Waals surface area contributed by atoms with Gasteiger partial charge in [0.15, 0.2) is 12.4 Å². The van der Waals surface area contributed by atoms with Crippen LogP contribution in [0.5, 0.6) is 5.75 Å². The number of hydrogen-bond acceptors (Lipinski definition) is 7. The smallest absolute Gasteiger partial charge is 0.307 e. The number of nitrogens with zero attached hydrogens (tertiary/aromatic N) is 2. The number of nitrogens with one attached hydrogen (secondary N) is 1. The minimum Gasteiger partial charge on any atom is -0.481 e. The molecule has 0 radical (unpaired) electrons. The summed E-state index contributed by atoms with van der Waals surface area (Å²) in [5, 5.41) is 22.4. The van der Waals surface area contributed by atoms with Crippen LogP contribution in [0.3, 0.4) is 0 Å². The summed E-state index contributed by atoms with van der Waals surface area (Å²) in [6.07, 6.45) is 1.63. The molecule has 0 fully saturated rings. The zero-order valence-corrected chi connectivity index (χ0v) is 25.6. The SMILES string of the molecule is CC(C)(C)O.Cc1cc2nc(-c3ccnc(-c4cccc5c4OCC(=O)N5)c3)sc2c(-c2ccc(Cl)cc2)c1CC(=O)O. The summed E-state index contributed by atoms with van der Waals surface area (Å²) < 4.78 is 6.63. The summed E-state index contributed by atoms with van der Waals surface area (Å²) in [4.78, 5) is 33.0. The number of carbonyl (C=O) groups excluding carboxylic acids is 1. The number of carboxylic acids is 1. The molecule has 0 bridgehead atoms. The Kier molecular flexibility index (Phi) is 8.50. The van der Waals surface area contributed by atoms with E-state index in [0.717, 1.165) is 48.6 Å². The molecule has 0 atom stereocenters. The van der Waals surface area contributed by atoms with Gasteiger partial charge in [0, 0.05) is 27.9 Å². The highest BCUT2D eigenvalue weighted by atomic mass is 35.5. The largest absolute Gasteiger partial charge is 0.481 e. The topological polar surface area (TPSA) is 122 Å². The number of aromatic nitrogens is 2. The van der Waals surface area contributed by atoms with Crippen molar-refractivity contribution in [1.82, 2.24) is 9.97 Å². The van der Waals surface area contributed by atoms with Crippen molar-refractivity contribution in [3.8, 4) is 38.7 Å². The number of pyridine rings is 1. The molecule has 0 saturated heterocycles. The molecule has 5 aromatic rings. The van der Waals surface area contributed by atoms with Gasteiger partial charge in [-0.2, -0.15) is 0 Å². The predicted octanol–water partition coefficient (Wildman–Crippen LogP) is 7.39. The molecule has 3 N–H and O–H groups in total. The van der Waals surface area contributed by atoms with Gasteiger partial charge in [0.05, 0.1) is 33.6 Å². The van der Waals surface area contributed by atoms with E-state index >= 15 is 0 Å². The number of thiazole rings is 1. The van der Waals surface area contributed by atoms with Crippen molar-refractivity contribution in [3.05, 3.63) is 83.0 Å². The Morgan fingerprint density at radius 1 is 1.09 bits per heavy atom. The van der Waals surface area contributed by atoms with Gasteiger partial charge >= 0.3 is 5.97 Å². The number of ether oxygens (including phenoxy) is 1. The first-order valence-corrected chi connectivity index (χ1v) is 14.7. The number of aliphatic hydroxyl groups is 1. The lowest BCUT2D eigenvalue weighted by Crippen LogP contribution is -2.25. The Balaban J connectivity index is 0.000000682. The van der Waals surface area contributed by atoms with Gasteiger partial charge in [-0.25, -0.2) is 4.98 Å². The average molecular weight is 616 g/mol. The number of halogens is 1. The number of amides is 1. The van der Waals surface area contributed by atoms with E-state index in [0.29, 0.717) is 22.2 Å². The van der Waals surface area contributed by atoms with Crippen molar-refractivity contribution >= 4 is 50.7 Å². The lowest BCUT2D eigenvalue weighted by atomic mass is 9.93. The number of aryl methyl sites for hydroxylation is 1. The molecule has 0 saturated carbocycles. The van der Waals surface area contributed by atoms with Crippen LogP contribution in [0.1, 0.15) is 31.9 Å². The van der Waals surface area contributed by atoms with Crippen LogP contribution < -0.4 is 10.1 Å². The van der Waals surface area contributed by atoms with Crippen LogP contribution in [0, 0.1) is 6.92 Å². The summed E-state index contributed by atoms with van der Waals surface area (Å²) >= 11 is 7.64. The van der Waals surface area contributed by atoms with Crippen LogP contribution in [0.2, 0.25) is 5.02 Å². The second-order valence-corrected chi connectivity index (χ2v) is 12.5. The number of para-hydroxylation sites is 1. The molecule has 2 aromatic heterocycles. The van der Waals surface area contributed by atoms with E-state index in [1.165, 1.54) is 11.3 Å². The van der Waals surface area contributed by atoms with Gasteiger partial charge in [-0.3, -0.25) is 14.6 Å². The summed E-state index contributed by atoms with van der Waals surface area (Å²) in [6.45, 7) is 7.10. The van der Waals surface area contributed by atoms with E-state index < -0.39 is 11.6 Å². The fourth-order valence-corrected chi connectivity index (χ4v) is 5.95. The number of carbonyl (C=O) groups is 2. The Bertz CT molecular complexity index is 1840. The second kappa shape index (κ2) is 12.1. The molecule has 6 rings (SSSR count). The Labute approximate surface area is 258 Å². The summed E-state index contributed by atoms with van der Waals surface area (Å²) in [6, 6.07) is 18.7. The number of aliphatic carboxylic acids is 1. The standard InChI is InChI=1S/C29H20ClN3O4S.C4H10O/c1-15-11-23-28(26(20(15)13-25(35)36)16-5-7-18(30)8-6-16)38-29(33-23)17-9-10-31-22(12-17)19-3-2-4-21-27(19)37-14-24(34)32-21;1-4(2,3)5/h2-12H,13-14H2,1H3,(H,32,34)(H,35,36);5H,1-3H3. The number of anilines is 1. The molecule has 220 valence electrons. The number of rotatable bonds is 5. The maximum atomic E-state index is 11.8. The van der Waals surface area contributed by atoms with E-state index in [-0.39, 0.29) is 18.9 Å². The highest BCUT2D eigenvalue weighted by Gasteiger charge is 2.22. The average Bonchev–Trinajstić information content (AvgIpc) is 3.36. The lowest BCUT2D eigenvalue weighted by Gasteiger charge is -2.20. The minimum absolute atomic E-state index is 0.0485. The van der Waals surface area contributed by atoms with Crippen LogP contribution >= 0.6 is 22.9 Å². The van der Waals surface area contributed by atoms with E-state index in [9.17, 15) is 14.7 Å². The third-order valence-corrected chi connectivity index (χ3v) is 7.78. The monoisotopic (exact) mass is 615 g/mol. The number of carboxylic acid groups (broad SMARTS) is 1. The fraction of sp³-hybridized carbons (Fsp3) is 0.212. The zero-order chi connectivity index (χ0) is 30.9. The van der Waals surface area contributed by atoms with Crippen LogP contribution in [-0.4, -0.2) is 44.3 Å². The number of hydrogen-bond donors (Lipinski definition) is 3. The van der Waals surface area contributed by atoms with E-state index in [4.69, 9.17) is 26.4 Å². The van der Waals surface area contributed by atoms with Gasteiger partial charge in [0.1, 0.15) is 5.01 Å². The van der Waals surface area contributed by atoms with E-state index in [1.54, 1.807) is 45.2 Å². The Morgan fingerprint density at radius 3 is 2.51 bits per heavy atom. The molecular weight excluding hydrogens is 586 g/mol. The molecule has 1 aliphatic rings. The van der Waals surface area contributed by atoms with Crippen molar-refractivity contribution in [3.63, 3.8) is 0 Å². The zero-order valence-electron chi connectivity index (χ0n) is 24.1. The first-order chi connectivity index (χ1) is 20.4. The third-order valence-electron chi connectivity index (χ3n) is 6.39. The summed E-state index contributed by atoms with van der Waals surface area (Å²) in [5.41, 5.74) is 6.61. The van der Waals surface area contributed by atoms with Crippen LogP contribution in [0.15, 0.2) is 66.9 Å². The molecule has 8 nitrogen and oxygen atoms in total. The molecule has 1 aliphatic heterocycles. The lowest BCUT2D eigenvalue weighted by molar-refractivity contribution is -0.136. The van der Waals surface area contributed by atoms with Crippen molar-refractivity contribution in [2.75, 3.05) is 11.9 Å². The molecule has 0 unspecified atom stereocenters. The molecule has 0 aliphatic carbocycles. The first-order valence-electron chi connectivity index (χ1n) is 13.5. The van der Waals surface area contributed by atoms with Gasteiger partial charge in [-0.1, -0.05) is 29.8 Å². The molecule has 0 spiro atoms. The van der Waals surface area contributed by atoms with Gasteiger partial charge in [-0.15, -0.1) is 11.3 Å². The fourth-order valence-electron chi connectivity index (χ4n) is 4.69. The predicted molar refractivity (Wildman–Crippen MR) is 171 cm³/mol. The van der Waals surface area contributed by atoms with Crippen LogP contribution in [-0.2, 0) is 16.0 Å². The highest BCUT2D eigenvalue weighted by molar-refractivity contribution is 7.22. The molecule has 3 heterocycles. The van der Waals surface area contributed by atoms with Gasteiger partial charge in [-0.05, 0) is 86.8 Å². The van der Waals surface area contributed by atoms with Gasteiger partial charge < -0.3 is 20.3 Å². The van der Waals surface area contributed by atoms with Gasteiger partial charge in [0.2, 0.25) is 0 Å². The van der Waals surface area contributed by atoms with E-state index in [1.807, 2.05) is 49.4 Å². The van der Waals surface area contributed by atoms with Crippen molar-refractivity contribution in [1.29, 1.82) is 0 Å². The van der Waals surface area contributed by atoms with Crippen molar-refractivity contribution < 1.29 is 24.5 Å². The normalized spacial score (nSPS) is 12.6. The molecule has 3 aromatic carbocycles. The highest BCUT2D eigenvalue weighted by Crippen LogP contribution is 2.42. The summed E-state index contributed by atoms with van der Waals surface area (Å²) in [5.74, 6) is -0.504. The van der Waals surface area contributed by atoms with Crippen LogP contribution in [0.4, 0.5) is 5.69 Å². The van der Waals surface area contributed by atoms with Gasteiger partial charge in [0.25, 0.3) is 5.91 Å². The second-order valence-electron chi connectivity index (χ2n) is 11.1. The minimum atomic E-state index is -0.893. The maximum absolute atomic E-state index is 11.8. The Morgan fingerprint density at radius 2 is 1.81 bits per heavy atom. The molecule has 1 amide bonds. The van der Waals surface area contributed by atoms with E-state index in [2.05, 4.69) is 10.3 Å². The first kappa shape index (κ1) is 30.2. The molecular formula is C33H30ClN3O5S. The molecule has 43 heavy (non-hydrogen) atoms. The third kappa shape index (κ3) is 7.02. The Hall–Kier alpha value is -4.31. The molecule has 10 heteroatoms. The summed E-state index contributed by atoms with van der Waals surface area (Å²) in [7, 11) is 0. The van der Waals surface area contributed by atoms with Crippen LogP contribution in [0.25, 0.3) is 43.2 Å². The quantitative estimate of drug-likeness (QED) is 0.188. The van der Waals surface area contributed by atoms with Crippen molar-refractivity contribution in [2.45, 2.75) is 39.7 Å². The number of benzene rings is 3. The maximum Gasteiger partial charge on any atom is 0.307 e.